The molecule has 0 saturated carbocycles. The third kappa shape index (κ3) is 2.47. The van der Waals surface area contributed by atoms with Crippen molar-refractivity contribution in [1.29, 1.82) is 0 Å². The van der Waals surface area contributed by atoms with E-state index >= 15 is 0 Å². The number of nitrogens with two attached hydrogens (primary N) is 1. The van der Waals surface area contributed by atoms with Gasteiger partial charge in [0.25, 0.3) is 0 Å². The van der Waals surface area contributed by atoms with Crippen molar-refractivity contribution in [3.63, 3.8) is 0 Å². The molecule has 0 spiro atoms. The molecule has 1 saturated heterocycles. The Hall–Kier alpha value is -1.86. The summed E-state index contributed by atoms with van der Waals surface area (Å²) in [6, 6.07) is -0.0130. The fourth-order valence-electron chi connectivity index (χ4n) is 1.99. The number of ether oxygens (including phenoxy) is 1. The summed E-state index contributed by atoms with van der Waals surface area (Å²) in [6.07, 6.45) is 4.23. The molecule has 19 heavy (non-hydrogen) atoms. The van der Waals surface area contributed by atoms with E-state index in [0.29, 0.717) is 30.8 Å². The first-order valence-electron chi connectivity index (χ1n) is 6.20. The van der Waals surface area contributed by atoms with Crippen molar-refractivity contribution in [3.05, 3.63) is 23.8 Å². The number of hydrogen-bond acceptors (Lipinski definition) is 7. The summed E-state index contributed by atoms with van der Waals surface area (Å²) >= 11 is 0. The Morgan fingerprint density at radius 1 is 1.26 bits per heavy atom. The molecule has 2 aromatic rings. The molecule has 0 aliphatic carbocycles. The predicted molar refractivity (Wildman–Crippen MR) is 66.2 cm³/mol. The maximum Gasteiger partial charge on any atom is 0.240 e. The van der Waals surface area contributed by atoms with Crippen molar-refractivity contribution >= 4 is 0 Å². The van der Waals surface area contributed by atoms with Gasteiger partial charge in [-0.3, -0.25) is 0 Å². The van der Waals surface area contributed by atoms with Crippen LogP contribution in [0.25, 0.3) is 11.6 Å². The average molecular weight is 261 g/mol. The monoisotopic (exact) mass is 261 g/mol. The maximum atomic E-state index is 6.04. The molecule has 2 atom stereocenters. The normalized spacial score (nSPS) is 23.5. The van der Waals surface area contributed by atoms with E-state index in [-0.39, 0.29) is 12.0 Å². The van der Waals surface area contributed by atoms with Gasteiger partial charge in [-0.05, 0) is 18.9 Å². The van der Waals surface area contributed by atoms with E-state index < -0.39 is 0 Å². The summed E-state index contributed by atoms with van der Waals surface area (Å²) in [4.78, 5) is 12.7. The summed E-state index contributed by atoms with van der Waals surface area (Å²) in [7, 11) is 0. The van der Waals surface area contributed by atoms with Crippen LogP contribution in [0, 0.1) is 6.92 Å². The Balaban J connectivity index is 1.84. The number of rotatable bonds is 2. The van der Waals surface area contributed by atoms with Crippen LogP contribution in [-0.2, 0) is 4.74 Å². The van der Waals surface area contributed by atoms with E-state index in [2.05, 4.69) is 20.1 Å². The van der Waals surface area contributed by atoms with Gasteiger partial charge in [0.15, 0.2) is 0 Å². The van der Waals surface area contributed by atoms with Gasteiger partial charge >= 0.3 is 0 Å². The number of hydrogen-bond donors (Lipinski definition) is 1. The molecule has 2 unspecified atom stereocenters. The molecule has 1 fully saturated rings. The fourth-order valence-corrected chi connectivity index (χ4v) is 1.99. The molecule has 0 bridgehead atoms. The van der Waals surface area contributed by atoms with Crippen molar-refractivity contribution in [2.75, 3.05) is 13.2 Å². The highest BCUT2D eigenvalue weighted by Gasteiger charge is 2.29. The first-order chi connectivity index (χ1) is 9.24. The Kier molecular flexibility index (Phi) is 3.22. The zero-order valence-electron chi connectivity index (χ0n) is 10.6. The molecule has 7 nitrogen and oxygen atoms in total. The van der Waals surface area contributed by atoms with Crippen LogP contribution in [0.2, 0.25) is 0 Å². The second kappa shape index (κ2) is 5.02. The summed E-state index contributed by atoms with van der Waals surface area (Å²) in [5, 5.41) is 3.90. The van der Waals surface area contributed by atoms with Crippen LogP contribution in [-0.4, -0.2) is 39.4 Å². The van der Waals surface area contributed by atoms with Gasteiger partial charge in [0.1, 0.15) is 0 Å². The molecule has 100 valence electrons. The van der Waals surface area contributed by atoms with Crippen LogP contribution in [0.1, 0.15) is 23.8 Å². The highest BCUT2D eigenvalue weighted by Crippen LogP contribution is 2.24. The predicted octanol–water partition coefficient (Wildman–Crippen LogP) is 0.666. The van der Waals surface area contributed by atoms with Crippen LogP contribution >= 0.6 is 0 Å². The molecule has 2 N–H and O–H groups in total. The average Bonchev–Trinajstić information content (AvgIpc) is 2.89. The van der Waals surface area contributed by atoms with Crippen LogP contribution < -0.4 is 5.73 Å². The van der Waals surface area contributed by atoms with Gasteiger partial charge in [-0.2, -0.15) is 4.98 Å². The molecule has 0 aromatic carbocycles. The van der Waals surface area contributed by atoms with Gasteiger partial charge in [-0.15, -0.1) is 0 Å². The van der Waals surface area contributed by atoms with Crippen molar-refractivity contribution in [3.8, 4) is 11.6 Å². The van der Waals surface area contributed by atoms with Crippen molar-refractivity contribution < 1.29 is 9.26 Å². The molecule has 3 rings (SSSR count). The van der Waals surface area contributed by atoms with Gasteiger partial charge in [-0.1, -0.05) is 5.16 Å². The van der Waals surface area contributed by atoms with Gasteiger partial charge in [0.05, 0.1) is 12.5 Å². The summed E-state index contributed by atoms with van der Waals surface area (Å²) in [5.74, 6) is 1.27. The molecule has 0 radical (unpaired) electrons. The van der Waals surface area contributed by atoms with E-state index in [0.717, 1.165) is 12.0 Å². The van der Waals surface area contributed by atoms with E-state index in [9.17, 15) is 0 Å². The fraction of sp³-hybridized carbons (Fsp3) is 0.500. The van der Waals surface area contributed by atoms with E-state index in [1.54, 1.807) is 12.4 Å². The Labute approximate surface area is 110 Å². The van der Waals surface area contributed by atoms with E-state index in [1.165, 1.54) is 0 Å². The lowest BCUT2D eigenvalue weighted by Crippen LogP contribution is -2.37. The third-order valence-corrected chi connectivity index (χ3v) is 3.15. The smallest absolute Gasteiger partial charge is 0.240 e. The minimum absolute atomic E-state index is 0.0130. The van der Waals surface area contributed by atoms with Gasteiger partial charge < -0.3 is 15.0 Å². The van der Waals surface area contributed by atoms with Crippen molar-refractivity contribution in [1.82, 2.24) is 20.1 Å². The first-order valence-corrected chi connectivity index (χ1v) is 6.20. The van der Waals surface area contributed by atoms with E-state index in [4.69, 9.17) is 15.0 Å². The molecule has 3 heterocycles. The number of aromatic nitrogens is 4. The first kappa shape index (κ1) is 12.2. The van der Waals surface area contributed by atoms with E-state index in [1.807, 2.05) is 6.92 Å². The van der Waals surface area contributed by atoms with Gasteiger partial charge in [0.2, 0.25) is 17.5 Å². The maximum absolute atomic E-state index is 6.04. The zero-order chi connectivity index (χ0) is 13.2. The summed E-state index contributed by atoms with van der Waals surface area (Å²) in [6.45, 7) is 3.11. The lowest BCUT2D eigenvalue weighted by molar-refractivity contribution is 0.0590. The Morgan fingerprint density at radius 2 is 2.05 bits per heavy atom. The lowest BCUT2D eigenvalue weighted by atomic mass is 9.97. The second-order valence-electron chi connectivity index (χ2n) is 4.67. The highest BCUT2D eigenvalue weighted by molar-refractivity contribution is 5.41. The molecule has 7 heteroatoms. The topological polar surface area (TPSA) is 100.0 Å². The molecule has 1 aliphatic rings. The molecular formula is C12H15N5O2. The second-order valence-corrected chi connectivity index (χ2v) is 4.67. The Bertz CT molecular complexity index is 554. The molecule has 0 amide bonds. The Morgan fingerprint density at radius 3 is 2.79 bits per heavy atom. The molecular weight excluding hydrogens is 246 g/mol. The minimum atomic E-state index is -0.0551. The zero-order valence-corrected chi connectivity index (χ0v) is 10.6. The van der Waals surface area contributed by atoms with Crippen LogP contribution in [0.4, 0.5) is 0 Å². The summed E-state index contributed by atoms with van der Waals surface area (Å²) < 4.78 is 10.7. The van der Waals surface area contributed by atoms with Crippen molar-refractivity contribution in [2.24, 2.45) is 5.73 Å². The lowest BCUT2D eigenvalue weighted by Gasteiger charge is -2.25. The number of aryl methyl sites for hydroxylation is 1. The minimum Gasteiger partial charge on any atom is -0.381 e. The number of nitrogens with zero attached hydrogens (tertiary/aromatic N) is 4. The van der Waals surface area contributed by atoms with Crippen LogP contribution in [0.3, 0.4) is 0 Å². The van der Waals surface area contributed by atoms with Gasteiger partial charge in [-0.25, -0.2) is 9.97 Å². The van der Waals surface area contributed by atoms with Gasteiger partial charge in [0, 0.05) is 25.0 Å². The third-order valence-electron chi connectivity index (χ3n) is 3.15. The quantitative estimate of drug-likeness (QED) is 0.847. The largest absolute Gasteiger partial charge is 0.381 e. The van der Waals surface area contributed by atoms with Crippen LogP contribution in [0.15, 0.2) is 16.9 Å². The van der Waals surface area contributed by atoms with Crippen molar-refractivity contribution in [2.45, 2.75) is 25.3 Å². The SMILES string of the molecule is Cc1cnc(-c2noc(C3COCCC3N)n2)nc1. The molecule has 2 aromatic heterocycles. The van der Waals surface area contributed by atoms with Crippen LogP contribution in [0.5, 0.6) is 0 Å². The highest BCUT2D eigenvalue weighted by atomic mass is 16.5. The standard InChI is InChI=1S/C12H15N5O2/c1-7-4-14-10(15-5-7)11-16-12(19-17-11)8-6-18-3-2-9(8)13/h4-5,8-9H,2-3,6,13H2,1H3. The molecule has 1 aliphatic heterocycles. The summed E-state index contributed by atoms with van der Waals surface area (Å²) in [5.41, 5.74) is 7.02.